The molecular formula is C11H17N3O2S2. The monoisotopic (exact) mass is 287 g/mol. The maximum absolute atomic E-state index is 11.6. The van der Waals surface area contributed by atoms with E-state index < -0.39 is 10.0 Å². The summed E-state index contributed by atoms with van der Waals surface area (Å²) in [6.07, 6.45) is 0. The third-order valence-corrected chi connectivity index (χ3v) is 4.95. The maximum Gasteiger partial charge on any atom is 0.240 e. The van der Waals surface area contributed by atoms with Gasteiger partial charge in [0.1, 0.15) is 4.90 Å². The van der Waals surface area contributed by atoms with Crippen molar-refractivity contribution in [3.63, 3.8) is 0 Å². The van der Waals surface area contributed by atoms with E-state index in [0.29, 0.717) is 16.6 Å². The van der Waals surface area contributed by atoms with Crippen LogP contribution >= 0.6 is 11.8 Å². The Morgan fingerprint density at radius 3 is 2.78 bits per heavy atom. The van der Waals surface area contributed by atoms with E-state index in [-0.39, 0.29) is 4.90 Å². The van der Waals surface area contributed by atoms with Crippen molar-refractivity contribution in [2.45, 2.75) is 17.1 Å². The molecule has 1 aliphatic heterocycles. The molecule has 0 spiro atoms. The van der Waals surface area contributed by atoms with Crippen molar-refractivity contribution in [1.82, 2.24) is 0 Å². The van der Waals surface area contributed by atoms with Crippen LogP contribution in [-0.4, -0.2) is 32.5 Å². The van der Waals surface area contributed by atoms with Crippen LogP contribution in [0.1, 0.15) is 6.92 Å². The summed E-state index contributed by atoms with van der Waals surface area (Å²) in [5, 5.41) is 5.73. The minimum Gasteiger partial charge on any atom is -0.399 e. The largest absolute Gasteiger partial charge is 0.399 e. The van der Waals surface area contributed by atoms with Gasteiger partial charge in [0.05, 0.1) is 5.69 Å². The summed E-state index contributed by atoms with van der Waals surface area (Å²) in [5.41, 5.74) is 6.69. The third-order valence-electron chi connectivity index (χ3n) is 2.87. The van der Waals surface area contributed by atoms with Crippen LogP contribution in [0.25, 0.3) is 0 Å². The molecular weight excluding hydrogens is 270 g/mol. The SMILES string of the molecule is CC1CN(c2ccc(N)cc2S(N)(=O)=O)CCS1. The highest BCUT2D eigenvalue weighted by atomic mass is 32.2. The second kappa shape index (κ2) is 4.99. The summed E-state index contributed by atoms with van der Waals surface area (Å²) < 4.78 is 23.2. The molecule has 1 aromatic rings. The molecule has 7 heteroatoms. The van der Waals surface area contributed by atoms with Crippen LogP contribution in [0.5, 0.6) is 0 Å². The summed E-state index contributed by atoms with van der Waals surface area (Å²) in [6.45, 7) is 3.77. The fraction of sp³-hybridized carbons (Fsp3) is 0.455. The predicted octanol–water partition coefficient (Wildman–Crippen LogP) is 0.858. The van der Waals surface area contributed by atoms with Crippen molar-refractivity contribution in [3.05, 3.63) is 18.2 Å². The first-order valence-electron chi connectivity index (χ1n) is 5.67. The molecule has 1 fully saturated rings. The minimum absolute atomic E-state index is 0.113. The molecule has 0 aromatic heterocycles. The summed E-state index contributed by atoms with van der Waals surface area (Å²) in [5.74, 6) is 0.982. The van der Waals surface area contributed by atoms with Crippen molar-refractivity contribution in [2.75, 3.05) is 29.5 Å². The standard InChI is InChI=1S/C11H17N3O2S2/c1-8-7-14(4-5-17-8)10-3-2-9(12)6-11(10)18(13,15)16/h2-3,6,8H,4-5,7,12H2,1H3,(H2,13,15,16). The number of thioether (sulfide) groups is 1. The van der Waals surface area contributed by atoms with Crippen LogP contribution in [-0.2, 0) is 10.0 Å². The number of hydrogen-bond acceptors (Lipinski definition) is 5. The number of hydrogen-bond donors (Lipinski definition) is 2. The molecule has 1 atom stereocenters. The van der Waals surface area contributed by atoms with Crippen LogP contribution in [0.2, 0.25) is 0 Å². The summed E-state index contributed by atoms with van der Waals surface area (Å²) in [4.78, 5) is 2.17. The number of nitrogens with zero attached hydrogens (tertiary/aromatic N) is 1. The number of benzene rings is 1. The van der Waals surface area contributed by atoms with Gasteiger partial charge in [0.25, 0.3) is 0 Å². The smallest absolute Gasteiger partial charge is 0.240 e. The van der Waals surface area contributed by atoms with Crippen LogP contribution in [0.4, 0.5) is 11.4 Å². The van der Waals surface area contributed by atoms with E-state index in [2.05, 4.69) is 11.8 Å². The van der Waals surface area contributed by atoms with Gasteiger partial charge < -0.3 is 10.6 Å². The van der Waals surface area contributed by atoms with Crippen LogP contribution in [0.3, 0.4) is 0 Å². The Morgan fingerprint density at radius 1 is 1.44 bits per heavy atom. The highest BCUT2D eigenvalue weighted by Crippen LogP contribution is 2.30. The van der Waals surface area contributed by atoms with Crippen molar-refractivity contribution < 1.29 is 8.42 Å². The van der Waals surface area contributed by atoms with Crippen LogP contribution < -0.4 is 15.8 Å². The molecule has 0 bridgehead atoms. The number of nitrogens with two attached hydrogens (primary N) is 2. The zero-order chi connectivity index (χ0) is 13.3. The first kappa shape index (κ1) is 13.5. The lowest BCUT2D eigenvalue weighted by molar-refractivity contribution is 0.597. The summed E-state index contributed by atoms with van der Waals surface area (Å²) in [7, 11) is -3.75. The Kier molecular flexibility index (Phi) is 3.74. The molecule has 1 aromatic carbocycles. The van der Waals surface area contributed by atoms with Gasteiger partial charge in [-0.2, -0.15) is 11.8 Å². The molecule has 0 amide bonds. The second-order valence-corrected chi connectivity index (χ2v) is 7.48. The molecule has 2 rings (SSSR count). The van der Waals surface area contributed by atoms with Gasteiger partial charge in [-0.1, -0.05) is 6.92 Å². The number of rotatable bonds is 2. The molecule has 18 heavy (non-hydrogen) atoms. The van der Waals surface area contributed by atoms with E-state index in [9.17, 15) is 8.42 Å². The van der Waals surface area contributed by atoms with Crippen LogP contribution in [0.15, 0.2) is 23.1 Å². The molecule has 1 saturated heterocycles. The van der Waals surface area contributed by atoms with Crippen molar-refractivity contribution in [2.24, 2.45) is 5.14 Å². The Morgan fingerprint density at radius 2 is 2.17 bits per heavy atom. The zero-order valence-corrected chi connectivity index (χ0v) is 11.8. The van der Waals surface area contributed by atoms with Gasteiger partial charge in [-0.3, -0.25) is 0 Å². The quantitative estimate of drug-likeness (QED) is 0.787. The Balaban J connectivity index is 2.44. The Bertz CT molecular complexity index is 545. The van der Waals surface area contributed by atoms with E-state index in [0.717, 1.165) is 18.8 Å². The molecule has 0 saturated carbocycles. The van der Waals surface area contributed by atoms with Crippen LogP contribution in [0, 0.1) is 0 Å². The first-order chi connectivity index (χ1) is 8.38. The van der Waals surface area contributed by atoms with Gasteiger partial charge >= 0.3 is 0 Å². The van der Waals surface area contributed by atoms with Gasteiger partial charge in [0.15, 0.2) is 0 Å². The number of anilines is 2. The summed E-state index contributed by atoms with van der Waals surface area (Å²) >= 11 is 1.89. The predicted molar refractivity (Wildman–Crippen MR) is 76.4 cm³/mol. The molecule has 1 unspecified atom stereocenters. The summed E-state index contributed by atoms with van der Waals surface area (Å²) in [6, 6.07) is 4.87. The van der Waals surface area contributed by atoms with E-state index in [1.165, 1.54) is 6.07 Å². The number of nitrogen functional groups attached to an aromatic ring is 1. The van der Waals surface area contributed by atoms with Crippen molar-refractivity contribution >= 4 is 33.2 Å². The third kappa shape index (κ3) is 2.90. The number of primary sulfonamides is 1. The Labute approximate surface area is 112 Å². The second-order valence-electron chi connectivity index (χ2n) is 4.40. The fourth-order valence-corrected chi connectivity index (χ4v) is 3.86. The highest BCUT2D eigenvalue weighted by molar-refractivity contribution is 8.00. The van der Waals surface area contributed by atoms with Gasteiger partial charge in [-0.25, -0.2) is 13.6 Å². The van der Waals surface area contributed by atoms with Gasteiger partial charge in [-0.05, 0) is 18.2 Å². The van der Waals surface area contributed by atoms with Crippen molar-refractivity contribution in [3.8, 4) is 0 Å². The lowest BCUT2D eigenvalue weighted by Crippen LogP contribution is -2.37. The molecule has 1 heterocycles. The molecule has 5 nitrogen and oxygen atoms in total. The average Bonchev–Trinajstić information content (AvgIpc) is 2.27. The van der Waals surface area contributed by atoms with E-state index in [1.54, 1.807) is 12.1 Å². The maximum atomic E-state index is 11.6. The van der Waals surface area contributed by atoms with Gasteiger partial charge in [-0.15, -0.1) is 0 Å². The Hall–Kier alpha value is -0.920. The molecule has 100 valence electrons. The minimum atomic E-state index is -3.75. The molecule has 4 N–H and O–H groups in total. The zero-order valence-electron chi connectivity index (χ0n) is 10.2. The lowest BCUT2D eigenvalue weighted by atomic mass is 10.2. The highest BCUT2D eigenvalue weighted by Gasteiger charge is 2.23. The lowest BCUT2D eigenvalue weighted by Gasteiger charge is -2.33. The van der Waals surface area contributed by atoms with E-state index in [4.69, 9.17) is 10.9 Å². The van der Waals surface area contributed by atoms with Gasteiger partial charge in [0.2, 0.25) is 10.0 Å². The average molecular weight is 287 g/mol. The normalized spacial score (nSPS) is 21.0. The first-order valence-corrected chi connectivity index (χ1v) is 8.26. The molecule has 0 radical (unpaired) electrons. The molecule has 0 aliphatic carbocycles. The van der Waals surface area contributed by atoms with Gasteiger partial charge in [0, 0.05) is 29.8 Å². The van der Waals surface area contributed by atoms with E-state index in [1.807, 2.05) is 11.8 Å². The van der Waals surface area contributed by atoms with Crippen molar-refractivity contribution in [1.29, 1.82) is 0 Å². The topological polar surface area (TPSA) is 89.4 Å². The fourth-order valence-electron chi connectivity index (χ4n) is 2.06. The number of sulfonamides is 1. The molecule has 1 aliphatic rings. The van der Waals surface area contributed by atoms with E-state index >= 15 is 0 Å².